The first-order valence-electron chi connectivity index (χ1n) is 2.94. The van der Waals surface area contributed by atoms with E-state index in [2.05, 4.69) is 5.16 Å². The molecule has 0 unspecified atom stereocenters. The predicted molar refractivity (Wildman–Crippen MR) is 44.1 cm³/mol. The van der Waals surface area contributed by atoms with Crippen molar-refractivity contribution < 1.29 is 34.8 Å². The van der Waals surface area contributed by atoms with Crippen LogP contribution in [0.25, 0.3) is 5.73 Å². The molecular formula is C7H6ClN2NaO. The molecule has 0 heterocycles. The Morgan fingerprint density at radius 2 is 2.00 bits per heavy atom. The fourth-order valence-corrected chi connectivity index (χ4v) is 0.932. The first kappa shape index (κ1) is 11.8. The van der Waals surface area contributed by atoms with Gasteiger partial charge in [-0.1, -0.05) is 29.8 Å². The second-order valence-corrected chi connectivity index (χ2v) is 2.34. The second-order valence-electron chi connectivity index (χ2n) is 1.93. The van der Waals surface area contributed by atoms with E-state index in [1.54, 1.807) is 24.3 Å². The zero-order chi connectivity index (χ0) is 8.27. The van der Waals surface area contributed by atoms with Crippen LogP contribution in [-0.2, 0) is 0 Å². The van der Waals surface area contributed by atoms with Crippen LogP contribution in [0.15, 0.2) is 29.4 Å². The van der Waals surface area contributed by atoms with E-state index in [-0.39, 0.29) is 35.4 Å². The van der Waals surface area contributed by atoms with Crippen LogP contribution >= 0.6 is 11.6 Å². The maximum absolute atomic E-state index is 8.25. The van der Waals surface area contributed by atoms with E-state index in [1.807, 2.05) is 0 Å². The second kappa shape index (κ2) is 5.43. The van der Waals surface area contributed by atoms with Crippen LogP contribution in [0.1, 0.15) is 5.56 Å². The maximum Gasteiger partial charge on any atom is 1.00 e. The summed E-state index contributed by atoms with van der Waals surface area (Å²) in [5.41, 5.74) is 7.55. The molecule has 0 spiro atoms. The number of benzene rings is 1. The van der Waals surface area contributed by atoms with Gasteiger partial charge in [-0.25, -0.2) is 0 Å². The minimum atomic E-state index is -0.226. The Morgan fingerprint density at radius 3 is 2.50 bits per heavy atom. The third-order valence-corrected chi connectivity index (χ3v) is 1.56. The van der Waals surface area contributed by atoms with Crippen molar-refractivity contribution in [2.75, 3.05) is 0 Å². The van der Waals surface area contributed by atoms with Crippen LogP contribution < -0.4 is 29.6 Å². The third kappa shape index (κ3) is 2.68. The normalized spacial score (nSPS) is 10.6. The fourth-order valence-electron chi connectivity index (χ4n) is 0.707. The van der Waals surface area contributed by atoms with Crippen LogP contribution in [0.3, 0.4) is 0 Å². The van der Waals surface area contributed by atoms with Crippen molar-refractivity contribution in [2.45, 2.75) is 0 Å². The minimum Gasteiger partial charge on any atom is -0.509 e. The molecule has 1 aromatic rings. The molecule has 0 saturated carbocycles. The summed E-state index contributed by atoms with van der Waals surface area (Å²) in [6.07, 6.45) is 0. The van der Waals surface area contributed by atoms with Crippen LogP contribution in [-0.4, -0.2) is 11.0 Å². The molecule has 58 valence electrons. The van der Waals surface area contributed by atoms with Crippen LogP contribution in [0, 0.1) is 0 Å². The Balaban J connectivity index is 0.00000121. The van der Waals surface area contributed by atoms with E-state index in [0.717, 1.165) is 0 Å². The standard InChI is InChI=1S/C7H6ClN2O.Na/c8-6-4-2-1-3-5(6)7(9)10-11;/h1-4H,(H2-,9,10,11);/q-1;+1. The number of nitrogens with one attached hydrogen (secondary N) is 1. The summed E-state index contributed by atoms with van der Waals surface area (Å²) in [5, 5.41) is 11.4. The summed E-state index contributed by atoms with van der Waals surface area (Å²) in [6, 6.07) is 6.72. The summed E-state index contributed by atoms with van der Waals surface area (Å²) in [5.74, 6) is -0.226. The van der Waals surface area contributed by atoms with Gasteiger partial charge in [-0.3, -0.25) is 5.16 Å². The third-order valence-electron chi connectivity index (χ3n) is 1.23. The van der Waals surface area contributed by atoms with E-state index >= 15 is 0 Å². The van der Waals surface area contributed by atoms with Gasteiger partial charge in [-0.2, -0.15) is 0 Å². The van der Waals surface area contributed by atoms with Gasteiger partial charge in [-0.05, 0) is 17.5 Å². The SMILES string of the molecule is [NH-]C(=NO)c1ccccc1Cl.[Na+]. The van der Waals surface area contributed by atoms with Crippen LogP contribution in [0.2, 0.25) is 5.02 Å². The Kier molecular flexibility index (Phi) is 5.33. The fraction of sp³-hybridized carbons (Fsp3) is 0. The smallest absolute Gasteiger partial charge is 0.509 e. The molecule has 5 heteroatoms. The summed E-state index contributed by atoms with van der Waals surface area (Å²) in [6.45, 7) is 0. The Bertz CT molecular complexity index is 290. The molecule has 3 nitrogen and oxygen atoms in total. The topological polar surface area (TPSA) is 56.4 Å². The molecule has 0 radical (unpaired) electrons. The van der Waals surface area contributed by atoms with Gasteiger partial charge in [0.1, 0.15) is 0 Å². The molecule has 0 saturated heterocycles. The van der Waals surface area contributed by atoms with Crippen molar-refractivity contribution >= 4 is 17.4 Å². The summed E-state index contributed by atoms with van der Waals surface area (Å²) in [4.78, 5) is 0. The van der Waals surface area contributed by atoms with Gasteiger partial charge in [0.05, 0.1) is 0 Å². The zero-order valence-electron chi connectivity index (χ0n) is 6.58. The van der Waals surface area contributed by atoms with Gasteiger partial charge in [0.2, 0.25) is 0 Å². The number of oxime groups is 1. The zero-order valence-corrected chi connectivity index (χ0v) is 9.34. The molecule has 2 N–H and O–H groups in total. The van der Waals surface area contributed by atoms with Crippen molar-refractivity contribution in [2.24, 2.45) is 5.16 Å². The molecule has 0 fully saturated rings. The van der Waals surface area contributed by atoms with Crippen molar-refractivity contribution in [1.82, 2.24) is 0 Å². The maximum atomic E-state index is 8.25. The number of rotatable bonds is 1. The quantitative estimate of drug-likeness (QED) is 0.211. The number of amidine groups is 1. The van der Waals surface area contributed by atoms with Gasteiger partial charge in [0.25, 0.3) is 0 Å². The molecule has 1 aromatic carbocycles. The van der Waals surface area contributed by atoms with E-state index in [4.69, 9.17) is 22.5 Å². The predicted octanol–water partition coefficient (Wildman–Crippen LogP) is -0.468. The van der Waals surface area contributed by atoms with E-state index < -0.39 is 0 Å². The first-order chi connectivity index (χ1) is 5.25. The minimum absolute atomic E-state index is 0. The first-order valence-corrected chi connectivity index (χ1v) is 3.32. The average molecular weight is 193 g/mol. The monoisotopic (exact) mass is 192 g/mol. The Labute approximate surface area is 97.5 Å². The molecule has 0 aliphatic carbocycles. The largest absolute Gasteiger partial charge is 1.00 e. The van der Waals surface area contributed by atoms with Crippen molar-refractivity contribution in [3.63, 3.8) is 0 Å². The summed E-state index contributed by atoms with van der Waals surface area (Å²) in [7, 11) is 0. The van der Waals surface area contributed by atoms with E-state index in [0.29, 0.717) is 10.6 Å². The summed E-state index contributed by atoms with van der Waals surface area (Å²) >= 11 is 5.69. The van der Waals surface area contributed by atoms with Crippen LogP contribution in [0.5, 0.6) is 0 Å². The van der Waals surface area contributed by atoms with Gasteiger partial charge in [0.15, 0.2) is 0 Å². The number of halogens is 1. The van der Waals surface area contributed by atoms with Gasteiger partial charge >= 0.3 is 29.6 Å². The summed E-state index contributed by atoms with van der Waals surface area (Å²) < 4.78 is 0. The van der Waals surface area contributed by atoms with E-state index in [1.165, 1.54) is 0 Å². The number of hydrogen-bond donors (Lipinski definition) is 1. The molecule has 0 amide bonds. The van der Waals surface area contributed by atoms with Gasteiger partial charge < -0.3 is 10.9 Å². The van der Waals surface area contributed by atoms with E-state index in [9.17, 15) is 0 Å². The molecule has 0 bridgehead atoms. The molecule has 1 rings (SSSR count). The number of hydrogen-bond acceptors (Lipinski definition) is 2. The van der Waals surface area contributed by atoms with Crippen LogP contribution in [0.4, 0.5) is 0 Å². The number of nitrogens with zero attached hydrogens (tertiary/aromatic N) is 1. The Morgan fingerprint density at radius 1 is 1.42 bits per heavy atom. The average Bonchev–Trinajstić information content (AvgIpc) is 2.04. The molecule has 12 heavy (non-hydrogen) atoms. The molecule has 0 aromatic heterocycles. The van der Waals surface area contributed by atoms with Crippen molar-refractivity contribution in [3.05, 3.63) is 40.6 Å². The van der Waals surface area contributed by atoms with Gasteiger partial charge in [-0.15, -0.1) is 0 Å². The molecule has 0 atom stereocenters. The molecular weight excluding hydrogens is 187 g/mol. The molecule has 0 aliphatic rings. The Hall–Kier alpha value is -0.220. The molecule has 0 aliphatic heterocycles. The van der Waals surface area contributed by atoms with Gasteiger partial charge in [0, 0.05) is 5.02 Å². The van der Waals surface area contributed by atoms with Crippen molar-refractivity contribution in [3.8, 4) is 0 Å². The van der Waals surface area contributed by atoms with Crippen molar-refractivity contribution in [1.29, 1.82) is 0 Å².